The number of sulfone groups is 1. The molecule has 2 rings (SSSR count). The van der Waals surface area contributed by atoms with Gasteiger partial charge in [-0.25, -0.2) is 8.42 Å². The zero-order valence-electron chi connectivity index (χ0n) is 10.7. The van der Waals surface area contributed by atoms with E-state index in [1.165, 1.54) is 6.26 Å². The lowest BCUT2D eigenvalue weighted by Gasteiger charge is -2.14. The van der Waals surface area contributed by atoms with Crippen LogP contribution in [0.1, 0.15) is 11.5 Å². The first-order valence-corrected chi connectivity index (χ1v) is 7.85. The number of benzene rings is 1. The molecule has 1 aromatic carbocycles. The summed E-state index contributed by atoms with van der Waals surface area (Å²) in [4.78, 5) is 0. The Hall–Kier alpha value is -0.910. The van der Waals surface area contributed by atoms with Gasteiger partial charge in [0.05, 0.1) is 11.9 Å². The third-order valence-electron chi connectivity index (χ3n) is 3.79. The molecule has 4 nitrogen and oxygen atoms in total. The molecule has 2 N–H and O–H groups in total. The van der Waals surface area contributed by atoms with Crippen LogP contribution < -0.4 is 5.73 Å². The Morgan fingerprint density at radius 3 is 2.39 bits per heavy atom. The van der Waals surface area contributed by atoms with Crippen molar-refractivity contribution in [1.29, 1.82) is 0 Å². The summed E-state index contributed by atoms with van der Waals surface area (Å²) in [7, 11) is -1.55. The summed E-state index contributed by atoms with van der Waals surface area (Å²) in [6.07, 6.45) is 1.28. The van der Waals surface area contributed by atoms with Gasteiger partial charge in [-0.2, -0.15) is 0 Å². The van der Waals surface area contributed by atoms with Crippen LogP contribution in [0.2, 0.25) is 0 Å². The highest BCUT2D eigenvalue weighted by molar-refractivity contribution is 7.91. The smallest absolute Gasteiger partial charge is 0.151 e. The second-order valence-corrected chi connectivity index (χ2v) is 7.18. The van der Waals surface area contributed by atoms with E-state index in [1.807, 2.05) is 30.3 Å². The summed E-state index contributed by atoms with van der Waals surface area (Å²) < 4.78 is 29.0. The largest absolute Gasteiger partial charge is 0.384 e. The molecule has 18 heavy (non-hydrogen) atoms. The fourth-order valence-electron chi connectivity index (χ4n) is 3.04. The predicted molar refractivity (Wildman–Crippen MR) is 71.2 cm³/mol. The van der Waals surface area contributed by atoms with Crippen molar-refractivity contribution in [2.24, 2.45) is 11.1 Å². The van der Waals surface area contributed by atoms with Gasteiger partial charge >= 0.3 is 0 Å². The lowest BCUT2D eigenvalue weighted by atomic mass is 10.0. The van der Waals surface area contributed by atoms with E-state index in [0.29, 0.717) is 13.2 Å². The summed E-state index contributed by atoms with van der Waals surface area (Å²) in [6.45, 7) is 0.693. The molecule has 0 unspecified atom stereocenters. The molecule has 0 bridgehead atoms. The van der Waals surface area contributed by atoms with E-state index in [-0.39, 0.29) is 5.92 Å². The van der Waals surface area contributed by atoms with Crippen LogP contribution in [-0.2, 0) is 14.6 Å². The molecule has 0 radical (unpaired) electrons. The Morgan fingerprint density at radius 2 is 1.94 bits per heavy atom. The predicted octanol–water partition coefficient (Wildman–Crippen LogP) is 0.789. The Balaban J connectivity index is 2.40. The first kappa shape index (κ1) is 13.5. The number of nitrogens with two attached hydrogens (primary N) is 1. The van der Waals surface area contributed by atoms with Crippen LogP contribution in [0, 0.1) is 5.41 Å². The van der Waals surface area contributed by atoms with E-state index in [2.05, 4.69) is 0 Å². The number of rotatable bonds is 5. The van der Waals surface area contributed by atoms with Gasteiger partial charge in [0.1, 0.15) is 0 Å². The van der Waals surface area contributed by atoms with Gasteiger partial charge in [-0.05, 0) is 5.56 Å². The lowest BCUT2D eigenvalue weighted by Crippen LogP contribution is -2.28. The second-order valence-electron chi connectivity index (χ2n) is 5.01. The Kier molecular flexibility index (Phi) is 3.49. The van der Waals surface area contributed by atoms with Gasteiger partial charge in [-0.15, -0.1) is 0 Å². The highest BCUT2D eigenvalue weighted by Gasteiger charge is 2.68. The topological polar surface area (TPSA) is 69.4 Å². The van der Waals surface area contributed by atoms with E-state index >= 15 is 0 Å². The molecule has 1 fully saturated rings. The van der Waals surface area contributed by atoms with Crippen molar-refractivity contribution < 1.29 is 13.2 Å². The lowest BCUT2D eigenvalue weighted by molar-refractivity contribution is 0.142. The van der Waals surface area contributed by atoms with Gasteiger partial charge in [0.2, 0.25) is 0 Å². The zero-order valence-corrected chi connectivity index (χ0v) is 11.5. The van der Waals surface area contributed by atoms with Crippen LogP contribution in [0.4, 0.5) is 0 Å². The van der Waals surface area contributed by atoms with Gasteiger partial charge < -0.3 is 10.5 Å². The molecule has 5 heteroatoms. The number of methoxy groups -OCH3 is 1. The number of hydrogen-bond acceptors (Lipinski definition) is 4. The quantitative estimate of drug-likeness (QED) is 0.858. The van der Waals surface area contributed by atoms with Crippen molar-refractivity contribution in [1.82, 2.24) is 0 Å². The average molecular weight is 269 g/mol. The molecule has 100 valence electrons. The summed E-state index contributed by atoms with van der Waals surface area (Å²) in [5, 5.41) is -0.433. The number of ether oxygens (including phenoxy) is 1. The van der Waals surface area contributed by atoms with Crippen molar-refractivity contribution in [2.75, 3.05) is 26.5 Å². The minimum absolute atomic E-state index is 0.0568. The van der Waals surface area contributed by atoms with Gasteiger partial charge in [-0.1, -0.05) is 30.3 Å². The SMILES string of the molecule is COC[C@@]1(CN)[C@@H](c2ccccc2)[C@@H]1S(C)(=O)=O. The van der Waals surface area contributed by atoms with E-state index in [9.17, 15) is 8.42 Å². The first-order valence-electron chi connectivity index (χ1n) is 5.90. The summed E-state index contributed by atoms with van der Waals surface area (Å²) in [5.74, 6) is -0.0568. The molecule has 0 saturated heterocycles. The normalized spacial score (nSPS) is 31.3. The minimum Gasteiger partial charge on any atom is -0.384 e. The van der Waals surface area contributed by atoms with Crippen molar-refractivity contribution in [3.05, 3.63) is 35.9 Å². The molecular weight excluding hydrogens is 250 g/mol. The van der Waals surface area contributed by atoms with Crippen LogP contribution in [0.25, 0.3) is 0 Å². The third kappa shape index (κ3) is 2.06. The molecular formula is C13H19NO3S. The molecule has 0 heterocycles. The van der Waals surface area contributed by atoms with Crippen molar-refractivity contribution in [3.63, 3.8) is 0 Å². The maximum absolute atomic E-state index is 11.9. The Bertz CT molecular complexity index is 514. The monoisotopic (exact) mass is 269 g/mol. The van der Waals surface area contributed by atoms with Crippen LogP contribution in [-0.4, -0.2) is 40.2 Å². The van der Waals surface area contributed by atoms with E-state index < -0.39 is 20.5 Å². The van der Waals surface area contributed by atoms with Crippen molar-refractivity contribution >= 4 is 9.84 Å². The summed E-state index contributed by atoms with van der Waals surface area (Å²) >= 11 is 0. The van der Waals surface area contributed by atoms with Crippen molar-refractivity contribution in [3.8, 4) is 0 Å². The maximum atomic E-state index is 11.9. The third-order valence-corrected chi connectivity index (χ3v) is 5.46. The van der Waals surface area contributed by atoms with Crippen LogP contribution in [0.3, 0.4) is 0 Å². The Morgan fingerprint density at radius 1 is 1.33 bits per heavy atom. The van der Waals surface area contributed by atoms with Gasteiger partial charge in [0.15, 0.2) is 9.84 Å². The number of hydrogen-bond donors (Lipinski definition) is 1. The van der Waals surface area contributed by atoms with E-state index in [0.717, 1.165) is 5.56 Å². The molecule has 1 saturated carbocycles. The standard InChI is InChI=1S/C13H19NO3S/c1-17-9-13(8-14)11(12(13)18(2,15)16)10-6-4-3-5-7-10/h3-7,11-12H,8-9,14H2,1-2H3/t11-,12-,13-/m0/s1. The second kappa shape index (κ2) is 4.64. The molecule has 0 aliphatic heterocycles. The highest BCUT2D eigenvalue weighted by atomic mass is 32.2. The van der Waals surface area contributed by atoms with Crippen molar-refractivity contribution in [2.45, 2.75) is 11.2 Å². The molecule has 3 atom stereocenters. The van der Waals surface area contributed by atoms with E-state index in [1.54, 1.807) is 7.11 Å². The fourth-order valence-corrected chi connectivity index (χ4v) is 5.04. The average Bonchev–Trinajstić information content (AvgIpc) is 3.00. The van der Waals surface area contributed by atoms with Crippen LogP contribution in [0.15, 0.2) is 30.3 Å². The zero-order chi connectivity index (χ0) is 13.4. The molecule has 1 aliphatic carbocycles. The highest BCUT2D eigenvalue weighted by Crippen LogP contribution is 2.62. The molecule has 0 amide bonds. The summed E-state index contributed by atoms with van der Waals surface area (Å²) in [5.41, 5.74) is 6.38. The van der Waals surface area contributed by atoms with Gasteiger partial charge in [-0.3, -0.25) is 0 Å². The molecule has 1 aliphatic rings. The summed E-state index contributed by atoms with van der Waals surface area (Å²) in [6, 6.07) is 9.66. The minimum atomic E-state index is -3.13. The fraction of sp³-hybridized carbons (Fsp3) is 0.538. The first-order chi connectivity index (χ1) is 8.47. The van der Waals surface area contributed by atoms with Crippen LogP contribution in [0.5, 0.6) is 0 Å². The molecule has 0 aromatic heterocycles. The van der Waals surface area contributed by atoms with E-state index in [4.69, 9.17) is 10.5 Å². The maximum Gasteiger partial charge on any atom is 0.151 e. The van der Waals surface area contributed by atoms with Gasteiger partial charge in [0, 0.05) is 31.2 Å². The van der Waals surface area contributed by atoms with Crippen LogP contribution >= 0.6 is 0 Å². The Labute approximate surface area is 108 Å². The molecule has 0 spiro atoms. The van der Waals surface area contributed by atoms with Gasteiger partial charge in [0.25, 0.3) is 0 Å². The molecule has 1 aromatic rings.